The molecule has 0 unspecified atom stereocenters. The van der Waals surface area contributed by atoms with Crippen LogP contribution in [0.2, 0.25) is 10.0 Å². The Kier molecular flexibility index (Phi) is 5.61. The quantitative estimate of drug-likeness (QED) is 0.561. The third kappa shape index (κ3) is 3.97. The van der Waals surface area contributed by atoms with E-state index >= 15 is 0 Å². The van der Waals surface area contributed by atoms with Gasteiger partial charge in [0.05, 0.1) is 26.2 Å². The summed E-state index contributed by atoms with van der Waals surface area (Å²) < 4.78 is 54.4. The van der Waals surface area contributed by atoms with Gasteiger partial charge in [0.1, 0.15) is 11.6 Å². The molecule has 0 saturated carbocycles. The summed E-state index contributed by atoms with van der Waals surface area (Å²) in [4.78, 5) is 12.3. The highest BCUT2D eigenvalue weighted by atomic mass is 35.5. The standard InChI is InChI=1S/C20H13Cl2F2N3O3S/c21-14-2-1-3-17(24)19(14)20(28)26-12-5-4-11-10-25-27(18(11)8-12)31(29,30)13-6-7-16(23)15(22)9-13/h1-9,25H,10H2,(H,26,28). The largest absolute Gasteiger partial charge is 0.322 e. The van der Waals surface area contributed by atoms with Crippen LogP contribution in [0.1, 0.15) is 15.9 Å². The molecular formula is C20H13Cl2F2N3O3S. The van der Waals surface area contributed by atoms with Crippen molar-refractivity contribution < 1.29 is 22.0 Å². The van der Waals surface area contributed by atoms with E-state index in [-0.39, 0.29) is 38.4 Å². The van der Waals surface area contributed by atoms with Crippen LogP contribution in [0.25, 0.3) is 0 Å². The molecule has 11 heteroatoms. The molecule has 0 aliphatic carbocycles. The van der Waals surface area contributed by atoms with E-state index in [1.54, 1.807) is 12.1 Å². The molecule has 0 saturated heterocycles. The number of nitrogens with zero attached hydrogens (tertiary/aromatic N) is 1. The SMILES string of the molecule is O=C(Nc1ccc2c(c1)N(S(=O)(=O)c1ccc(F)c(Cl)c1)NC2)c1c(F)cccc1Cl. The maximum Gasteiger partial charge on any atom is 0.277 e. The summed E-state index contributed by atoms with van der Waals surface area (Å²) in [5.41, 5.74) is 3.53. The van der Waals surface area contributed by atoms with Crippen LogP contribution in [0.5, 0.6) is 0 Å². The highest BCUT2D eigenvalue weighted by Gasteiger charge is 2.32. The average molecular weight is 484 g/mol. The molecule has 1 heterocycles. The topological polar surface area (TPSA) is 78.5 Å². The molecule has 3 aromatic rings. The first-order valence-electron chi connectivity index (χ1n) is 8.80. The fraction of sp³-hybridized carbons (Fsp3) is 0.0500. The second kappa shape index (κ2) is 8.08. The highest BCUT2D eigenvalue weighted by molar-refractivity contribution is 7.92. The Hall–Kier alpha value is -2.72. The molecule has 2 N–H and O–H groups in total. The zero-order chi connectivity index (χ0) is 22.3. The van der Waals surface area contributed by atoms with Crippen molar-refractivity contribution in [2.24, 2.45) is 0 Å². The molecule has 1 aliphatic rings. The van der Waals surface area contributed by atoms with Crippen LogP contribution >= 0.6 is 23.2 Å². The number of halogens is 4. The molecular weight excluding hydrogens is 471 g/mol. The van der Waals surface area contributed by atoms with Gasteiger partial charge in [-0.2, -0.15) is 12.8 Å². The molecule has 31 heavy (non-hydrogen) atoms. The smallest absolute Gasteiger partial charge is 0.277 e. The minimum atomic E-state index is -4.12. The van der Waals surface area contributed by atoms with E-state index in [1.165, 1.54) is 18.2 Å². The Morgan fingerprint density at radius 1 is 1.00 bits per heavy atom. The van der Waals surface area contributed by atoms with Crippen LogP contribution < -0.4 is 15.2 Å². The highest BCUT2D eigenvalue weighted by Crippen LogP contribution is 2.34. The number of fused-ring (bicyclic) bond motifs is 1. The minimum Gasteiger partial charge on any atom is -0.322 e. The van der Waals surface area contributed by atoms with Gasteiger partial charge in [-0.3, -0.25) is 4.79 Å². The molecule has 1 amide bonds. The molecule has 0 bridgehead atoms. The first kappa shape index (κ1) is 21.5. The second-order valence-electron chi connectivity index (χ2n) is 6.57. The first-order chi connectivity index (χ1) is 14.7. The number of hydrogen-bond acceptors (Lipinski definition) is 4. The Morgan fingerprint density at radius 3 is 2.48 bits per heavy atom. The number of nitrogens with one attached hydrogen (secondary N) is 2. The molecule has 0 radical (unpaired) electrons. The van der Waals surface area contributed by atoms with E-state index in [4.69, 9.17) is 23.2 Å². The number of hydrogen-bond donors (Lipinski definition) is 2. The zero-order valence-corrected chi connectivity index (χ0v) is 17.8. The summed E-state index contributed by atoms with van der Waals surface area (Å²) in [7, 11) is -4.12. The number of sulfonamides is 1. The summed E-state index contributed by atoms with van der Waals surface area (Å²) >= 11 is 11.6. The van der Waals surface area contributed by atoms with Gasteiger partial charge in [-0.1, -0.05) is 35.3 Å². The molecule has 4 rings (SSSR count). The molecule has 0 fully saturated rings. The van der Waals surface area contributed by atoms with Gasteiger partial charge < -0.3 is 5.32 Å². The van der Waals surface area contributed by atoms with Crippen LogP contribution in [0.15, 0.2) is 59.5 Å². The molecule has 160 valence electrons. The van der Waals surface area contributed by atoms with Gasteiger partial charge in [0, 0.05) is 12.2 Å². The van der Waals surface area contributed by atoms with Crippen LogP contribution in [-0.4, -0.2) is 14.3 Å². The van der Waals surface area contributed by atoms with E-state index in [1.807, 2.05) is 0 Å². The normalized spacial score (nSPS) is 13.2. The predicted molar refractivity (Wildman–Crippen MR) is 114 cm³/mol. The van der Waals surface area contributed by atoms with Gasteiger partial charge in [-0.25, -0.2) is 14.2 Å². The van der Waals surface area contributed by atoms with Gasteiger partial charge in [-0.05, 0) is 48.0 Å². The number of anilines is 2. The second-order valence-corrected chi connectivity index (χ2v) is 9.18. The fourth-order valence-electron chi connectivity index (χ4n) is 3.09. The molecule has 0 atom stereocenters. The molecule has 6 nitrogen and oxygen atoms in total. The number of amides is 1. The summed E-state index contributed by atoms with van der Waals surface area (Å²) in [6.07, 6.45) is 0. The van der Waals surface area contributed by atoms with E-state index in [0.717, 1.165) is 28.7 Å². The van der Waals surface area contributed by atoms with Gasteiger partial charge in [0.25, 0.3) is 15.9 Å². The Bertz CT molecular complexity index is 1300. The maximum absolute atomic E-state index is 14.0. The van der Waals surface area contributed by atoms with Crippen LogP contribution in [0, 0.1) is 11.6 Å². The Morgan fingerprint density at radius 2 is 1.77 bits per heavy atom. The molecule has 0 aromatic heterocycles. The van der Waals surface area contributed by atoms with E-state index in [0.29, 0.717) is 5.56 Å². The van der Waals surface area contributed by atoms with Gasteiger partial charge in [-0.15, -0.1) is 0 Å². The third-order valence-electron chi connectivity index (χ3n) is 4.59. The van der Waals surface area contributed by atoms with E-state index < -0.39 is 27.6 Å². The van der Waals surface area contributed by atoms with Crippen molar-refractivity contribution in [3.8, 4) is 0 Å². The summed E-state index contributed by atoms with van der Waals surface area (Å²) in [5.74, 6) is -2.31. The maximum atomic E-state index is 14.0. The van der Waals surface area contributed by atoms with Crippen LogP contribution in [0.4, 0.5) is 20.2 Å². The number of rotatable bonds is 4. The number of carbonyl (C=O) groups excluding carboxylic acids is 1. The summed E-state index contributed by atoms with van der Waals surface area (Å²) in [5, 5.41) is 2.13. The molecule has 3 aromatic carbocycles. The summed E-state index contributed by atoms with van der Waals surface area (Å²) in [6, 6.07) is 11.5. The van der Waals surface area contributed by atoms with Crippen LogP contribution in [0.3, 0.4) is 0 Å². The van der Waals surface area contributed by atoms with Crippen molar-refractivity contribution >= 4 is 50.5 Å². The lowest BCUT2D eigenvalue weighted by molar-refractivity contribution is 0.102. The van der Waals surface area contributed by atoms with Crippen molar-refractivity contribution in [1.29, 1.82) is 0 Å². The first-order valence-corrected chi connectivity index (χ1v) is 11.0. The lowest BCUT2D eigenvalue weighted by Gasteiger charge is -2.20. The minimum absolute atomic E-state index is 0.0577. The number of benzene rings is 3. The summed E-state index contributed by atoms with van der Waals surface area (Å²) in [6.45, 7) is 0.205. The fourth-order valence-corrected chi connectivity index (χ4v) is 4.96. The molecule has 0 spiro atoms. The van der Waals surface area contributed by atoms with Crippen molar-refractivity contribution in [1.82, 2.24) is 5.43 Å². The average Bonchev–Trinajstić information content (AvgIpc) is 3.14. The Balaban J connectivity index is 1.66. The van der Waals surface area contributed by atoms with Gasteiger partial charge >= 0.3 is 0 Å². The zero-order valence-electron chi connectivity index (χ0n) is 15.5. The predicted octanol–water partition coefficient (Wildman–Crippen LogP) is 4.74. The van der Waals surface area contributed by atoms with E-state index in [2.05, 4.69) is 10.7 Å². The Labute approximate surface area is 186 Å². The van der Waals surface area contributed by atoms with Crippen molar-refractivity contribution in [3.05, 3.63) is 87.4 Å². The van der Waals surface area contributed by atoms with Gasteiger partial charge in [0.15, 0.2) is 0 Å². The number of hydrazine groups is 1. The van der Waals surface area contributed by atoms with Crippen molar-refractivity contribution in [3.63, 3.8) is 0 Å². The third-order valence-corrected chi connectivity index (χ3v) is 6.85. The lowest BCUT2D eigenvalue weighted by atomic mass is 10.1. The molecule has 1 aliphatic heterocycles. The number of carbonyl (C=O) groups is 1. The monoisotopic (exact) mass is 483 g/mol. The van der Waals surface area contributed by atoms with E-state index in [9.17, 15) is 22.0 Å². The van der Waals surface area contributed by atoms with Gasteiger partial charge in [0.2, 0.25) is 0 Å². The lowest BCUT2D eigenvalue weighted by Crippen LogP contribution is -2.38. The van der Waals surface area contributed by atoms with Crippen molar-refractivity contribution in [2.75, 3.05) is 9.73 Å². The van der Waals surface area contributed by atoms with Crippen LogP contribution in [-0.2, 0) is 16.6 Å². The van der Waals surface area contributed by atoms with Crippen molar-refractivity contribution in [2.45, 2.75) is 11.4 Å².